The highest BCUT2D eigenvalue weighted by molar-refractivity contribution is 9.10. The van der Waals surface area contributed by atoms with Crippen LogP contribution < -0.4 is 0 Å². The normalized spacial score (nSPS) is 17.5. The summed E-state index contributed by atoms with van der Waals surface area (Å²) >= 11 is 3.39. The van der Waals surface area contributed by atoms with E-state index in [4.69, 9.17) is 4.52 Å². The van der Waals surface area contributed by atoms with Crippen LogP contribution in [0.4, 0.5) is 0 Å². The van der Waals surface area contributed by atoms with Crippen LogP contribution in [0.3, 0.4) is 0 Å². The van der Waals surface area contributed by atoms with Gasteiger partial charge in [0.05, 0.1) is 0 Å². The van der Waals surface area contributed by atoms with Gasteiger partial charge in [0, 0.05) is 17.7 Å². The Morgan fingerprint density at radius 1 is 1.26 bits per heavy atom. The van der Waals surface area contributed by atoms with Gasteiger partial charge in [-0.25, -0.2) is 0 Å². The van der Waals surface area contributed by atoms with Gasteiger partial charge in [-0.05, 0) is 72.3 Å². The molecular weight excluding hydrogens is 352 g/mol. The van der Waals surface area contributed by atoms with Crippen LogP contribution in [0.5, 0.6) is 0 Å². The summed E-state index contributed by atoms with van der Waals surface area (Å²) < 4.78 is 6.26. The molecule has 0 aliphatic heterocycles. The average molecular weight is 377 g/mol. The van der Waals surface area contributed by atoms with Crippen molar-refractivity contribution in [3.05, 3.63) is 40.0 Å². The van der Waals surface area contributed by atoms with Gasteiger partial charge in [0.2, 0.25) is 0 Å². The van der Waals surface area contributed by atoms with Crippen molar-refractivity contribution in [1.29, 1.82) is 0 Å². The van der Waals surface area contributed by atoms with E-state index in [0.29, 0.717) is 6.04 Å². The number of halogens is 1. The molecule has 0 radical (unpaired) electrons. The van der Waals surface area contributed by atoms with E-state index in [9.17, 15) is 0 Å². The van der Waals surface area contributed by atoms with Gasteiger partial charge in [-0.3, -0.25) is 0 Å². The fourth-order valence-corrected chi connectivity index (χ4v) is 4.02. The Labute approximate surface area is 147 Å². The Morgan fingerprint density at radius 2 is 2.04 bits per heavy atom. The van der Waals surface area contributed by atoms with E-state index in [1.165, 1.54) is 49.0 Å². The van der Waals surface area contributed by atoms with Crippen LogP contribution in [0.1, 0.15) is 44.2 Å². The summed E-state index contributed by atoms with van der Waals surface area (Å²) in [5, 5.41) is 3.99. The van der Waals surface area contributed by atoms with Crippen LogP contribution in [0.25, 0.3) is 11.3 Å². The Balaban J connectivity index is 1.89. The highest BCUT2D eigenvalue weighted by Crippen LogP contribution is 2.34. The predicted molar refractivity (Wildman–Crippen MR) is 97.6 cm³/mol. The number of aryl methyl sites for hydroxylation is 1. The molecule has 0 amide bonds. The molecule has 0 N–H and O–H groups in total. The maximum Gasteiger partial charge on any atom is 0.168 e. The molecule has 0 saturated carbocycles. The van der Waals surface area contributed by atoms with Crippen LogP contribution in [-0.2, 0) is 12.8 Å². The van der Waals surface area contributed by atoms with E-state index < -0.39 is 0 Å². The molecule has 0 bridgehead atoms. The molecule has 1 aliphatic carbocycles. The summed E-state index contributed by atoms with van der Waals surface area (Å²) in [7, 11) is 0. The van der Waals surface area contributed by atoms with Crippen LogP contribution >= 0.6 is 15.9 Å². The minimum absolute atomic E-state index is 0.648. The van der Waals surface area contributed by atoms with Gasteiger partial charge < -0.3 is 9.42 Å². The van der Waals surface area contributed by atoms with Crippen LogP contribution in [0.2, 0.25) is 0 Å². The van der Waals surface area contributed by atoms with Gasteiger partial charge in [-0.1, -0.05) is 37.2 Å². The van der Waals surface area contributed by atoms with E-state index in [-0.39, 0.29) is 0 Å². The van der Waals surface area contributed by atoms with Gasteiger partial charge in [-0.15, -0.1) is 0 Å². The van der Waals surface area contributed by atoms with Crippen molar-refractivity contribution in [1.82, 2.24) is 10.1 Å². The van der Waals surface area contributed by atoms with E-state index in [1.54, 1.807) is 0 Å². The molecule has 1 aromatic carbocycles. The van der Waals surface area contributed by atoms with E-state index >= 15 is 0 Å². The maximum absolute atomic E-state index is 5.50. The maximum atomic E-state index is 5.50. The number of fused-ring (bicyclic) bond motifs is 1. The second-order valence-electron chi connectivity index (χ2n) is 6.39. The highest BCUT2D eigenvalue weighted by Gasteiger charge is 2.26. The molecule has 1 heterocycles. The van der Waals surface area contributed by atoms with E-state index in [2.05, 4.69) is 58.0 Å². The average Bonchev–Trinajstić information content (AvgIpc) is 3.00. The fraction of sp³-hybridized carbons (Fsp3) is 0.526. The summed E-state index contributed by atoms with van der Waals surface area (Å²) in [6.07, 6.45) is 5.98. The molecule has 2 aromatic rings. The molecule has 4 heteroatoms. The lowest BCUT2D eigenvalue weighted by Crippen LogP contribution is -2.40. The summed E-state index contributed by atoms with van der Waals surface area (Å²) in [6, 6.07) is 9.19. The minimum Gasteiger partial charge on any atom is -0.355 e. The standard InChI is InChI=1S/C19H25BrN2O/c1-3-10-22(11-4-2)15-9-8-14-6-5-7-16(17(14)12-15)18-13-19(20)21-23-18/h5-7,13,15H,3-4,8-12H2,1-2H3. The van der Waals surface area contributed by atoms with Crippen LogP contribution in [0.15, 0.2) is 33.4 Å². The number of hydrogen-bond acceptors (Lipinski definition) is 3. The number of benzene rings is 1. The van der Waals surface area contributed by atoms with Crippen molar-refractivity contribution in [2.24, 2.45) is 0 Å². The van der Waals surface area contributed by atoms with Crippen molar-refractivity contribution in [2.45, 2.75) is 52.0 Å². The number of nitrogens with zero attached hydrogens (tertiary/aromatic N) is 2. The number of aromatic nitrogens is 1. The first kappa shape index (κ1) is 16.7. The first-order valence-corrected chi connectivity index (χ1v) is 9.49. The van der Waals surface area contributed by atoms with Crippen molar-refractivity contribution >= 4 is 15.9 Å². The van der Waals surface area contributed by atoms with Gasteiger partial charge in [0.25, 0.3) is 0 Å². The smallest absolute Gasteiger partial charge is 0.168 e. The molecule has 3 rings (SSSR count). The second-order valence-corrected chi connectivity index (χ2v) is 7.20. The molecule has 1 aliphatic rings. The van der Waals surface area contributed by atoms with E-state index in [0.717, 1.165) is 23.2 Å². The van der Waals surface area contributed by atoms with Crippen LogP contribution in [-0.4, -0.2) is 29.2 Å². The topological polar surface area (TPSA) is 29.3 Å². The molecule has 0 saturated heterocycles. The van der Waals surface area contributed by atoms with Crippen LogP contribution in [0, 0.1) is 0 Å². The zero-order valence-corrected chi connectivity index (χ0v) is 15.6. The first-order chi connectivity index (χ1) is 11.2. The summed E-state index contributed by atoms with van der Waals surface area (Å²) in [6.45, 7) is 6.95. The lowest BCUT2D eigenvalue weighted by Gasteiger charge is -2.35. The third kappa shape index (κ3) is 3.69. The Kier molecular flexibility index (Phi) is 5.54. The van der Waals surface area contributed by atoms with Gasteiger partial charge in [0.1, 0.15) is 4.60 Å². The zero-order chi connectivity index (χ0) is 16.2. The van der Waals surface area contributed by atoms with Gasteiger partial charge in [-0.2, -0.15) is 0 Å². The molecule has 1 atom stereocenters. The summed E-state index contributed by atoms with van der Waals surface area (Å²) in [5.41, 5.74) is 4.13. The van der Waals surface area contributed by atoms with Crippen molar-refractivity contribution in [3.8, 4) is 11.3 Å². The molecule has 1 aromatic heterocycles. The lowest BCUT2D eigenvalue weighted by molar-refractivity contribution is 0.180. The largest absolute Gasteiger partial charge is 0.355 e. The zero-order valence-electron chi connectivity index (χ0n) is 14.0. The lowest BCUT2D eigenvalue weighted by atomic mass is 9.84. The summed E-state index contributed by atoms with van der Waals surface area (Å²) in [5.74, 6) is 0.868. The third-order valence-corrected chi connectivity index (χ3v) is 5.12. The SMILES string of the molecule is CCCN(CCC)C1CCc2cccc(-c3cc(Br)no3)c2C1. The van der Waals surface area contributed by atoms with Crippen molar-refractivity contribution < 1.29 is 4.52 Å². The number of hydrogen-bond donors (Lipinski definition) is 0. The van der Waals surface area contributed by atoms with Gasteiger partial charge in [0.15, 0.2) is 5.76 Å². The predicted octanol–water partition coefficient (Wildman–Crippen LogP) is 5.08. The Hall–Kier alpha value is -1.13. The molecule has 124 valence electrons. The Bertz CT molecular complexity index is 647. The first-order valence-electron chi connectivity index (χ1n) is 8.70. The van der Waals surface area contributed by atoms with Crippen molar-refractivity contribution in [2.75, 3.05) is 13.1 Å². The van der Waals surface area contributed by atoms with Gasteiger partial charge >= 0.3 is 0 Å². The number of rotatable bonds is 6. The summed E-state index contributed by atoms with van der Waals surface area (Å²) in [4.78, 5) is 2.68. The Morgan fingerprint density at radius 3 is 2.70 bits per heavy atom. The molecule has 3 nitrogen and oxygen atoms in total. The molecular formula is C19H25BrN2O. The van der Waals surface area contributed by atoms with Crippen molar-refractivity contribution in [3.63, 3.8) is 0 Å². The second kappa shape index (κ2) is 7.63. The molecule has 23 heavy (non-hydrogen) atoms. The van der Waals surface area contributed by atoms with E-state index in [1.807, 2.05) is 6.07 Å². The molecule has 0 fully saturated rings. The highest BCUT2D eigenvalue weighted by atomic mass is 79.9. The molecule has 1 unspecified atom stereocenters. The quantitative estimate of drug-likeness (QED) is 0.703. The minimum atomic E-state index is 0.648. The monoisotopic (exact) mass is 376 g/mol. The third-order valence-electron chi connectivity index (χ3n) is 4.74. The molecule has 0 spiro atoms. The fourth-order valence-electron chi connectivity index (χ4n) is 3.74.